The Bertz CT molecular complexity index is 967. The zero-order valence-corrected chi connectivity index (χ0v) is 14.2. The number of hydrogen-bond acceptors (Lipinski definition) is 4. The van der Waals surface area contributed by atoms with Gasteiger partial charge in [-0.2, -0.15) is 0 Å². The van der Waals surface area contributed by atoms with Gasteiger partial charge in [0, 0.05) is 24.1 Å². The lowest BCUT2D eigenvalue weighted by atomic mass is 9.92. The van der Waals surface area contributed by atoms with E-state index in [0.29, 0.717) is 11.1 Å². The van der Waals surface area contributed by atoms with Crippen LogP contribution in [0.5, 0.6) is 5.75 Å². The van der Waals surface area contributed by atoms with Crippen molar-refractivity contribution < 1.29 is 14.8 Å². The third-order valence-corrected chi connectivity index (χ3v) is 4.30. The van der Waals surface area contributed by atoms with Crippen molar-refractivity contribution in [3.05, 3.63) is 81.9 Å². The van der Waals surface area contributed by atoms with Crippen LogP contribution in [0.2, 0.25) is 0 Å². The first-order chi connectivity index (χ1) is 12.5. The van der Waals surface area contributed by atoms with Gasteiger partial charge in [0.25, 0.3) is 5.69 Å². The van der Waals surface area contributed by atoms with Gasteiger partial charge in [0.1, 0.15) is 5.75 Å². The Labute approximate surface area is 150 Å². The quantitative estimate of drug-likeness (QED) is 0.536. The summed E-state index contributed by atoms with van der Waals surface area (Å²) >= 11 is 0. The van der Waals surface area contributed by atoms with Crippen molar-refractivity contribution in [1.29, 1.82) is 0 Å². The predicted octanol–water partition coefficient (Wildman–Crippen LogP) is 4.07. The third kappa shape index (κ3) is 3.35. The maximum Gasteiger partial charge on any atom is 0.269 e. The summed E-state index contributed by atoms with van der Waals surface area (Å²) in [6, 6.07) is 16.3. The van der Waals surface area contributed by atoms with E-state index in [4.69, 9.17) is 0 Å². The van der Waals surface area contributed by atoms with Crippen LogP contribution in [0.25, 0.3) is 10.8 Å². The van der Waals surface area contributed by atoms with Gasteiger partial charge in [0.05, 0.1) is 11.0 Å². The number of phenolic OH excluding ortho intramolecular Hbond substituents is 1. The van der Waals surface area contributed by atoms with E-state index in [1.54, 1.807) is 25.1 Å². The van der Waals surface area contributed by atoms with Crippen molar-refractivity contribution in [1.82, 2.24) is 5.32 Å². The lowest BCUT2D eigenvalue weighted by molar-refractivity contribution is -0.384. The van der Waals surface area contributed by atoms with Gasteiger partial charge in [-0.25, -0.2) is 0 Å². The number of nitrogens with one attached hydrogen (secondary N) is 1. The number of nitrogens with zero attached hydrogens (tertiary/aromatic N) is 1. The SMILES string of the molecule is CCC(=O)N[C@@H](c1ccc([N+](=O)[O-])cc1)c1c(O)ccc2ccccc12. The second kappa shape index (κ2) is 7.23. The fourth-order valence-corrected chi connectivity index (χ4v) is 2.96. The summed E-state index contributed by atoms with van der Waals surface area (Å²) in [5, 5.41) is 26.1. The number of nitro groups is 1. The molecule has 0 aliphatic rings. The van der Waals surface area contributed by atoms with E-state index in [2.05, 4.69) is 5.32 Å². The molecule has 0 bridgehead atoms. The number of non-ortho nitro benzene ring substituents is 1. The zero-order valence-electron chi connectivity index (χ0n) is 14.2. The highest BCUT2D eigenvalue weighted by Crippen LogP contribution is 2.36. The minimum Gasteiger partial charge on any atom is -0.508 e. The lowest BCUT2D eigenvalue weighted by Gasteiger charge is -2.22. The van der Waals surface area contributed by atoms with Gasteiger partial charge in [-0.05, 0) is 34.5 Å². The van der Waals surface area contributed by atoms with Crippen LogP contribution in [0.3, 0.4) is 0 Å². The number of nitro benzene ring substituents is 1. The number of rotatable bonds is 5. The molecule has 3 aromatic carbocycles. The largest absolute Gasteiger partial charge is 0.508 e. The monoisotopic (exact) mass is 350 g/mol. The van der Waals surface area contributed by atoms with Crippen LogP contribution >= 0.6 is 0 Å². The molecule has 0 fully saturated rings. The molecule has 132 valence electrons. The van der Waals surface area contributed by atoms with Crippen molar-refractivity contribution in [3.8, 4) is 5.75 Å². The minimum absolute atomic E-state index is 0.0311. The van der Waals surface area contributed by atoms with Gasteiger partial charge in [0.2, 0.25) is 5.91 Å². The van der Waals surface area contributed by atoms with E-state index < -0.39 is 11.0 Å². The molecule has 0 spiro atoms. The van der Waals surface area contributed by atoms with E-state index in [1.165, 1.54) is 12.1 Å². The summed E-state index contributed by atoms with van der Waals surface area (Å²) in [4.78, 5) is 22.5. The highest BCUT2D eigenvalue weighted by molar-refractivity contribution is 5.89. The standard InChI is InChI=1S/C20H18N2O4/c1-2-18(24)21-20(14-7-10-15(11-8-14)22(25)26)19-16-6-4-3-5-13(16)9-12-17(19)23/h3-12,20,23H,2H2,1H3,(H,21,24)/t20-/m0/s1. The molecule has 3 aromatic rings. The van der Waals surface area contributed by atoms with Gasteiger partial charge in [-0.1, -0.05) is 37.3 Å². The molecule has 3 rings (SSSR count). The van der Waals surface area contributed by atoms with Crippen molar-refractivity contribution in [2.75, 3.05) is 0 Å². The molecule has 0 aromatic heterocycles. The highest BCUT2D eigenvalue weighted by atomic mass is 16.6. The second-order valence-electron chi connectivity index (χ2n) is 5.92. The van der Waals surface area contributed by atoms with Crippen molar-refractivity contribution >= 4 is 22.4 Å². The molecule has 0 saturated carbocycles. The molecule has 1 atom stereocenters. The van der Waals surface area contributed by atoms with Crippen LogP contribution in [-0.4, -0.2) is 15.9 Å². The van der Waals surface area contributed by atoms with Crippen molar-refractivity contribution in [2.24, 2.45) is 0 Å². The van der Waals surface area contributed by atoms with Crippen LogP contribution in [-0.2, 0) is 4.79 Å². The first-order valence-electron chi connectivity index (χ1n) is 8.25. The molecule has 0 heterocycles. The molecule has 2 N–H and O–H groups in total. The van der Waals surface area contributed by atoms with Gasteiger partial charge in [0.15, 0.2) is 0 Å². The number of carbonyl (C=O) groups excluding carboxylic acids is 1. The number of aromatic hydroxyl groups is 1. The summed E-state index contributed by atoms with van der Waals surface area (Å²) in [6.45, 7) is 1.74. The molecule has 0 saturated heterocycles. The molecule has 26 heavy (non-hydrogen) atoms. The normalized spacial score (nSPS) is 11.9. The molecule has 6 nitrogen and oxygen atoms in total. The maximum atomic E-state index is 12.1. The smallest absolute Gasteiger partial charge is 0.269 e. The third-order valence-electron chi connectivity index (χ3n) is 4.30. The van der Waals surface area contributed by atoms with E-state index in [9.17, 15) is 20.0 Å². The number of carbonyl (C=O) groups is 1. The minimum atomic E-state index is -0.616. The molecule has 0 unspecified atom stereocenters. The summed E-state index contributed by atoms with van der Waals surface area (Å²) < 4.78 is 0. The van der Waals surface area contributed by atoms with Crippen LogP contribution in [0, 0.1) is 10.1 Å². The van der Waals surface area contributed by atoms with Crippen LogP contribution in [0.4, 0.5) is 5.69 Å². The lowest BCUT2D eigenvalue weighted by Crippen LogP contribution is -2.28. The van der Waals surface area contributed by atoms with Gasteiger partial charge < -0.3 is 10.4 Å². The van der Waals surface area contributed by atoms with Crippen molar-refractivity contribution in [2.45, 2.75) is 19.4 Å². The fourth-order valence-electron chi connectivity index (χ4n) is 2.96. The van der Waals surface area contributed by atoms with Crippen LogP contribution < -0.4 is 5.32 Å². The van der Waals surface area contributed by atoms with Gasteiger partial charge >= 0.3 is 0 Å². The number of fused-ring (bicyclic) bond motifs is 1. The summed E-state index contributed by atoms with van der Waals surface area (Å²) in [6.07, 6.45) is 0.287. The average Bonchev–Trinajstić information content (AvgIpc) is 2.66. The molecule has 6 heteroatoms. The predicted molar refractivity (Wildman–Crippen MR) is 99.0 cm³/mol. The number of hydrogen-bond donors (Lipinski definition) is 2. The number of amides is 1. The molecular weight excluding hydrogens is 332 g/mol. The molecule has 0 aliphatic heterocycles. The van der Waals surface area contributed by atoms with E-state index in [1.807, 2.05) is 30.3 Å². The van der Waals surface area contributed by atoms with Crippen LogP contribution in [0.15, 0.2) is 60.7 Å². The Balaban J connectivity index is 2.17. The molecule has 0 aliphatic carbocycles. The van der Waals surface area contributed by atoms with E-state index in [0.717, 1.165) is 10.8 Å². The Hall–Kier alpha value is -3.41. The first-order valence-corrected chi connectivity index (χ1v) is 8.25. The van der Waals surface area contributed by atoms with E-state index in [-0.39, 0.29) is 23.8 Å². The number of phenols is 1. The van der Waals surface area contributed by atoms with Gasteiger partial charge in [-0.15, -0.1) is 0 Å². The fraction of sp³-hybridized carbons (Fsp3) is 0.150. The van der Waals surface area contributed by atoms with Gasteiger partial charge in [-0.3, -0.25) is 14.9 Å². The topological polar surface area (TPSA) is 92.5 Å². The highest BCUT2D eigenvalue weighted by Gasteiger charge is 2.22. The molecule has 1 amide bonds. The average molecular weight is 350 g/mol. The Morgan fingerprint density at radius 1 is 1.12 bits per heavy atom. The summed E-state index contributed by atoms with van der Waals surface area (Å²) in [5.41, 5.74) is 1.19. The second-order valence-corrected chi connectivity index (χ2v) is 5.92. The summed E-state index contributed by atoms with van der Waals surface area (Å²) in [5.74, 6) is -0.121. The van der Waals surface area contributed by atoms with Crippen LogP contribution in [0.1, 0.15) is 30.5 Å². The maximum absolute atomic E-state index is 12.1. The zero-order chi connectivity index (χ0) is 18.7. The Morgan fingerprint density at radius 3 is 2.46 bits per heavy atom. The number of benzene rings is 3. The Morgan fingerprint density at radius 2 is 1.81 bits per heavy atom. The molecular formula is C20H18N2O4. The van der Waals surface area contributed by atoms with Crippen molar-refractivity contribution in [3.63, 3.8) is 0 Å². The van der Waals surface area contributed by atoms with E-state index >= 15 is 0 Å². The molecule has 0 radical (unpaired) electrons. The summed E-state index contributed by atoms with van der Waals surface area (Å²) in [7, 11) is 0. The first kappa shape index (κ1) is 17.4. The Kier molecular flexibility index (Phi) is 4.84.